The molecule has 0 radical (unpaired) electrons. The summed E-state index contributed by atoms with van der Waals surface area (Å²) in [5, 5.41) is 5.83. The molecule has 18 heavy (non-hydrogen) atoms. The SMILES string of the molecule is CCCNC1CCc2c(-c3cccs3)cccc21. The van der Waals surface area contributed by atoms with Crippen molar-refractivity contribution in [2.75, 3.05) is 6.54 Å². The van der Waals surface area contributed by atoms with Crippen molar-refractivity contribution in [2.45, 2.75) is 32.2 Å². The summed E-state index contributed by atoms with van der Waals surface area (Å²) in [6, 6.07) is 11.7. The van der Waals surface area contributed by atoms with Crippen molar-refractivity contribution in [3.05, 3.63) is 46.8 Å². The predicted molar refractivity (Wildman–Crippen MR) is 79.1 cm³/mol. The van der Waals surface area contributed by atoms with Crippen molar-refractivity contribution in [3.63, 3.8) is 0 Å². The van der Waals surface area contributed by atoms with Crippen molar-refractivity contribution in [1.82, 2.24) is 5.32 Å². The summed E-state index contributed by atoms with van der Waals surface area (Å²) in [6.45, 7) is 3.35. The molecule has 0 aliphatic heterocycles. The van der Waals surface area contributed by atoms with Gasteiger partial charge in [0.15, 0.2) is 0 Å². The minimum absolute atomic E-state index is 0.569. The van der Waals surface area contributed by atoms with Gasteiger partial charge in [-0.05, 0) is 53.9 Å². The molecule has 1 aromatic carbocycles. The van der Waals surface area contributed by atoms with Gasteiger partial charge in [-0.1, -0.05) is 31.2 Å². The van der Waals surface area contributed by atoms with E-state index in [-0.39, 0.29) is 0 Å². The molecule has 1 aliphatic rings. The van der Waals surface area contributed by atoms with E-state index in [1.165, 1.54) is 35.3 Å². The fourth-order valence-corrected chi connectivity index (χ4v) is 3.63. The minimum Gasteiger partial charge on any atom is -0.310 e. The van der Waals surface area contributed by atoms with E-state index in [2.05, 4.69) is 48.0 Å². The first-order chi connectivity index (χ1) is 8.90. The summed E-state index contributed by atoms with van der Waals surface area (Å²) in [4.78, 5) is 1.41. The average molecular weight is 257 g/mol. The van der Waals surface area contributed by atoms with Gasteiger partial charge in [-0.15, -0.1) is 11.3 Å². The second-order valence-electron chi connectivity index (χ2n) is 4.90. The first kappa shape index (κ1) is 11.9. The predicted octanol–water partition coefficient (Wildman–Crippen LogP) is 4.40. The molecule has 0 spiro atoms. The Balaban J connectivity index is 1.94. The van der Waals surface area contributed by atoms with Gasteiger partial charge in [0.1, 0.15) is 0 Å². The van der Waals surface area contributed by atoms with Gasteiger partial charge in [0.05, 0.1) is 0 Å². The number of benzene rings is 1. The van der Waals surface area contributed by atoms with E-state index in [1.54, 1.807) is 5.56 Å². The van der Waals surface area contributed by atoms with Gasteiger partial charge in [-0.2, -0.15) is 0 Å². The quantitative estimate of drug-likeness (QED) is 0.856. The smallest absolute Gasteiger partial charge is 0.0345 e. The van der Waals surface area contributed by atoms with Gasteiger partial charge in [-0.25, -0.2) is 0 Å². The molecule has 2 heteroatoms. The second-order valence-corrected chi connectivity index (χ2v) is 5.84. The Kier molecular flexibility index (Phi) is 3.48. The van der Waals surface area contributed by atoms with Crippen LogP contribution in [-0.2, 0) is 6.42 Å². The van der Waals surface area contributed by atoms with E-state index >= 15 is 0 Å². The first-order valence-corrected chi connectivity index (χ1v) is 7.67. The molecule has 0 bridgehead atoms. The van der Waals surface area contributed by atoms with Crippen LogP contribution in [0.25, 0.3) is 10.4 Å². The van der Waals surface area contributed by atoms with Crippen LogP contribution in [-0.4, -0.2) is 6.54 Å². The largest absolute Gasteiger partial charge is 0.310 e. The fourth-order valence-electron chi connectivity index (χ4n) is 2.85. The Bertz CT molecular complexity index is 516. The zero-order chi connectivity index (χ0) is 12.4. The van der Waals surface area contributed by atoms with Crippen LogP contribution in [0.3, 0.4) is 0 Å². The van der Waals surface area contributed by atoms with Crippen LogP contribution >= 0.6 is 11.3 Å². The molecule has 0 saturated heterocycles. The zero-order valence-electron chi connectivity index (χ0n) is 10.8. The number of fused-ring (bicyclic) bond motifs is 1. The number of nitrogens with one attached hydrogen (secondary N) is 1. The highest BCUT2D eigenvalue weighted by Gasteiger charge is 2.24. The van der Waals surface area contributed by atoms with Crippen LogP contribution in [0.4, 0.5) is 0 Å². The summed E-state index contributed by atoms with van der Waals surface area (Å²) < 4.78 is 0. The van der Waals surface area contributed by atoms with Gasteiger partial charge in [-0.3, -0.25) is 0 Å². The van der Waals surface area contributed by atoms with Crippen LogP contribution in [0.1, 0.15) is 36.9 Å². The van der Waals surface area contributed by atoms with Crippen molar-refractivity contribution >= 4 is 11.3 Å². The highest BCUT2D eigenvalue weighted by atomic mass is 32.1. The Morgan fingerprint density at radius 3 is 3.00 bits per heavy atom. The Morgan fingerprint density at radius 2 is 2.22 bits per heavy atom. The van der Waals surface area contributed by atoms with Gasteiger partial charge < -0.3 is 5.32 Å². The lowest BCUT2D eigenvalue weighted by Crippen LogP contribution is -2.19. The minimum atomic E-state index is 0.569. The maximum absolute atomic E-state index is 3.66. The van der Waals surface area contributed by atoms with Crippen LogP contribution < -0.4 is 5.32 Å². The fraction of sp³-hybridized carbons (Fsp3) is 0.375. The molecule has 1 unspecified atom stereocenters. The average Bonchev–Trinajstić information content (AvgIpc) is 3.05. The van der Waals surface area contributed by atoms with Crippen molar-refractivity contribution in [1.29, 1.82) is 0 Å². The molecule has 0 fully saturated rings. The van der Waals surface area contributed by atoms with E-state index in [1.807, 2.05) is 11.3 Å². The van der Waals surface area contributed by atoms with Gasteiger partial charge in [0.25, 0.3) is 0 Å². The third-order valence-electron chi connectivity index (χ3n) is 3.70. The molecular weight excluding hydrogens is 238 g/mol. The molecule has 0 saturated carbocycles. The van der Waals surface area contributed by atoms with Gasteiger partial charge >= 0.3 is 0 Å². The van der Waals surface area contributed by atoms with Crippen LogP contribution in [0.15, 0.2) is 35.7 Å². The number of rotatable bonds is 4. The Morgan fingerprint density at radius 1 is 1.28 bits per heavy atom. The Hall–Kier alpha value is -1.12. The van der Waals surface area contributed by atoms with Crippen LogP contribution in [0.5, 0.6) is 0 Å². The highest BCUT2D eigenvalue weighted by Crippen LogP contribution is 2.38. The van der Waals surface area contributed by atoms with E-state index in [0.717, 1.165) is 6.54 Å². The van der Waals surface area contributed by atoms with Crippen molar-refractivity contribution in [2.24, 2.45) is 0 Å². The third kappa shape index (κ3) is 2.11. The topological polar surface area (TPSA) is 12.0 Å². The molecule has 1 atom stereocenters. The third-order valence-corrected chi connectivity index (χ3v) is 4.60. The molecular formula is C16H19NS. The molecule has 1 aromatic heterocycles. The summed E-state index contributed by atoms with van der Waals surface area (Å²) in [6.07, 6.45) is 3.67. The van der Waals surface area contributed by atoms with Gasteiger partial charge in [0, 0.05) is 10.9 Å². The summed E-state index contributed by atoms with van der Waals surface area (Å²) in [7, 11) is 0. The maximum Gasteiger partial charge on any atom is 0.0345 e. The number of hydrogen-bond donors (Lipinski definition) is 1. The second kappa shape index (κ2) is 5.25. The lowest BCUT2D eigenvalue weighted by Gasteiger charge is -2.14. The molecule has 3 rings (SSSR count). The highest BCUT2D eigenvalue weighted by molar-refractivity contribution is 7.13. The van der Waals surface area contributed by atoms with E-state index in [0.29, 0.717) is 6.04 Å². The van der Waals surface area contributed by atoms with Crippen LogP contribution in [0, 0.1) is 0 Å². The van der Waals surface area contributed by atoms with E-state index < -0.39 is 0 Å². The van der Waals surface area contributed by atoms with Gasteiger partial charge in [0.2, 0.25) is 0 Å². The monoisotopic (exact) mass is 257 g/mol. The molecule has 1 nitrogen and oxygen atoms in total. The van der Waals surface area contributed by atoms with E-state index in [4.69, 9.17) is 0 Å². The Labute approximate surface area is 113 Å². The molecule has 94 valence electrons. The lowest BCUT2D eigenvalue weighted by molar-refractivity contribution is 0.529. The van der Waals surface area contributed by atoms with E-state index in [9.17, 15) is 0 Å². The first-order valence-electron chi connectivity index (χ1n) is 6.79. The zero-order valence-corrected chi connectivity index (χ0v) is 11.6. The standard InChI is InChI=1S/C16H19NS/c1-2-10-17-15-9-8-12-13(15)5-3-6-14(12)16-7-4-11-18-16/h3-7,11,15,17H,2,8-10H2,1H3. The van der Waals surface area contributed by atoms with Crippen LogP contribution in [0.2, 0.25) is 0 Å². The summed E-state index contributed by atoms with van der Waals surface area (Å²) in [5.41, 5.74) is 4.53. The normalized spacial score (nSPS) is 17.9. The van der Waals surface area contributed by atoms with Crippen molar-refractivity contribution < 1.29 is 0 Å². The molecule has 1 heterocycles. The summed E-state index contributed by atoms with van der Waals surface area (Å²) >= 11 is 1.84. The molecule has 0 amide bonds. The molecule has 2 aromatic rings. The maximum atomic E-state index is 3.66. The molecule has 1 N–H and O–H groups in total. The molecule has 1 aliphatic carbocycles. The number of thiophene rings is 1. The lowest BCUT2D eigenvalue weighted by atomic mass is 10.0. The summed E-state index contributed by atoms with van der Waals surface area (Å²) in [5.74, 6) is 0. The van der Waals surface area contributed by atoms with Crippen molar-refractivity contribution in [3.8, 4) is 10.4 Å². The number of hydrogen-bond acceptors (Lipinski definition) is 2.